The maximum absolute atomic E-state index is 5.41. The zero-order chi connectivity index (χ0) is 17.2. The predicted molar refractivity (Wildman–Crippen MR) is 94.6 cm³/mol. The molecule has 2 aromatic rings. The topological polar surface area (TPSA) is 72.7 Å². The van der Waals surface area contributed by atoms with Crippen LogP contribution in [0.3, 0.4) is 0 Å². The Bertz CT molecular complexity index is 640. The molecule has 2 N–H and O–H groups in total. The molecule has 0 fully saturated rings. The van der Waals surface area contributed by atoms with E-state index in [0.717, 1.165) is 42.7 Å². The van der Waals surface area contributed by atoms with Crippen molar-refractivity contribution in [2.75, 3.05) is 27.3 Å². The van der Waals surface area contributed by atoms with Crippen molar-refractivity contribution in [2.45, 2.75) is 20.0 Å². The number of benzene rings is 1. The number of imidazole rings is 1. The maximum atomic E-state index is 5.41. The van der Waals surface area contributed by atoms with Crippen molar-refractivity contribution in [1.82, 2.24) is 20.2 Å². The predicted octanol–water partition coefficient (Wildman–Crippen LogP) is 1.66. The first-order chi connectivity index (χ1) is 11.8. The van der Waals surface area contributed by atoms with Gasteiger partial charge in [-0.2, -0.15) is 0 Å². The van der Waals surface area contributed by atoms with Crippen molar-refractivity contribution in [3.05, 3.63) is 42.5 Å². The third-order valence-corrected chi connectivity index (χ3v) is 3.47. The van der Waals surface area contributed by atoms with Crippen LogP contribution in [0.2, 0.25) is 0 Å². The second-order valence-corrected chi connectivity index (χ2v) is 5.10. The second kappa shape index (κ2) is 9.44. The van der Waals surface area contributed by atoms with Crippen LogP contribution in [0.5, 0.6) is 11.5 Å². The summed E-state index contributed by atoms with van der Waals surface area (Å²) in [5, 5.41) is 6.56. The van der Waals surface area contributed by atoms with Gasteiger partial charge in [-0.15, -0.1) is 0 Å². The summed E-state index contributed by atoms with van der Waals surface area (Å²) < 4.78 is 12.6. The Hall–Kier alpha value is -2.70. The van der Waals surface area contributed by atoms with Crippen molar-refractivity contribution in [1.29, 1.82) is 0 Å². The minimum Gasteiger partial charge on any atom is -0.497 e. The number of hydrogen-bond acceptors (Lipinski definition) is 4. The summed E-state index contributed by atoms with van der Waals surface area (Å²) in [6.45, 7) is 4.96. The average Bonchev–Trinajstić information content (AvgIpc) is 3.13. The van der Waals surface area contributed by atoms with Crippen LogP contribution in [0.25, 0.3) is 0 Å². The van der Waals surface area contributed by atoms with Crippen LogP contribution in [0.1, 0.15) is 12.5 Å². The van der Waals surface area contributed by atoms with Crippen LogP contribution < -0.4 is 20.1 Å². The quantitative estimate of drug-likeness (QED) is 0.568. The van der Waals surface area contributed by atoms with Gasteiger partial charge in [0.15, 0.2) is 5.96 Å². The summed E-state index contributed by atoms with van der Waals surface area (Å²) >= 11 is 0. The first-order valence-corrected chi connectivity index (χ1v) is 7.95. The van der Waals surface area contributed by atoms with E-state index in [0.29, 0.717) is 6.54 Å². The first-order valence-electron chi connectivity index (χ1n) is 7.95. The summed E-state index contributed by atoms with van der Waals surface area (Å²) in [5.74, 6) is 2.31. The molecular weight excluding hydrogens is 306 g/mol. The fourth-order valence-corrected chi connectivity index (χ4v) is 2.21. The molecule has 0 spiro atoms. The molecule has 0 aliphatic carbocycles. The number of ether oxygens (including phenoxy) is 2. The van der Waals surface area contributed by atoms with E-state index in [1.165, 1.54) is 0 Å². The number of nitrogens with zero attached hydrogens (tertiary/aromatic N) is 3. The van der Waals surface area contributed by atoms with E-state index < -0.39 is 0 Å². The molecule has 7 heteroatoms. The number of rotatable bonds is 8. The van der Waals surface area contributed by atoms with Crippen LogP contribution >= 0.6 is 0 Å². The van der Waals surface area contributed by atoms with Gasteiger partial charge in [-0.05, 0) is 19.1 Å². The molecule has 0 aliphatic heterocycles. The van der Waals surface area contributed by atoms with E-state index in [-0.39, 0.29) is 0 Å². The summed E-state index contributed by atoms with van der Waals surface area (Å²) in [6, 6.07) is 5.74. The monoisotopic (exact) mass is 331 g/mol. The molecule has 0 saturated carbocycles. The van der Waals surface area contributed by atoms with Gasteiger partial charge in [0.25, 0.3) is 0 Å². The minimum atomic E-state index is 0.521. The number of nitrogens with one attached hydrogen (secondary N) is 2. The van der Waals surface area contributed by atoms with Crippen LogP contribution in [-0.4, -0.2) is 42.8 Å². The Morgan fingerprint density at radius 2 is 2.12 bits per heavy atom. The van der Waals surface area contributed by atoms with Crippen molar-refractivity contribution < 1.29 is 9.47 Å². The molecule has 130 valence electrons. The Morgan fingerprint density at radius 1 is 1.25 bits per heavy atom. The Balaban J connectivity index is 1.96. The lowest BCUT2D eigenvalue weighted by Gasteiger charge is -2.13. The third kappa shape index (κ3) is 5.19. The highest BCUT2D eigenvalue weighted by molar-refractivity contribution is 5.79. The average molecular weight is 331 g/mol. The molecule has 1 heterocycles. The Labute approximate surface area is 142 Å². The van der Waals surface area contributed by atoms with Crippen LogP contribution in [0.15, 0.2) is 41.9 Å². The largest absolute Gasteiger partial charge is 0.497 e. The zero-order valence-corrected chi connectivity index (χ0v) is 14.5. The highest BCUT2D eigenvalue weighted by Crippen LogP contribution is 2.25. The van der Waals surface area contributed by atoms with E-state index in [1.54, 1.807) is 26.7 Å². The van der Waals surface area contributed by atoms with Gasteiger partial charge in [0.1, 0.15) is 11.5 Å². The lowest BCUT2D eigenvalue weighted by atomic mass is 10.2. The highest BCUT2D eigenvalue weighted by atomic mass is 16.5. The normalized spacial score (nSPS) is 11.2. The number of methoxy groups -OCH3 is 2. The van der Waals surface area contributed by atoms with Crippen LogP contribution in [0, 0.1) is 0 Å². The molecule has 0 amide bonds. The molecule has 1 aromatic carbocycles. The molecule has 0 radical (unpaired) electrons. The van der Waals surface area contributed by atoms with Gasteiger partial charge >= 0.3 is 0 Å². The molecule has 2 rings (SSSR count). The van der Waals surface area contributed by atoms with Crippen molar-refractivity contribution in [3.63, 3.8) is 0 Å². The number of aliphatic imine (C=N–C) groups is 1. The number of hydrogen-bond donors (Lipinski definition) is 2. The molecule has 7 nitrogen and oxygen atoms in total. The molecule has 0 unspecified atom stereocenters. The van der Waals surface area contributed by atoms with E-state index in [1.807, 2.05) is 35.9 Å². The molecule has 0 saturated heterocycles. The molecule has 0 aliphatic rings. The minimum absolute atomic E-state index is 0.521. The van der Waals surface area contributed by atoms with Gasteiger partial charge in [0.05, 0.1) is 27.1 Å². The fourth-order valence-electron chi connectivity index (χ4n) is 2.21. The van der Waals surface area contributed by atoms with Crippen molar-refractivity contribution in [3.8, 4) is 11.5 Å². The van der Waals surface area contributed by atoms with Gasteiger partial charge in [0.2, 0.25) is 0 Å². The Morgan fingerprint density at radius 3 is 2.79 bits per heavy atom. The number of aromatic nitrogens is 2. The van der Waals surface area contributed by atoms with Crippen molar-refractivity contribution >= 4 is 5.96 Å². The molecule has 1 aromatic heterocycles. The van der Waals surface area contributed by atoms with Gasteiger partial charge < -0.3 is 24.7 Å². The molecular formula is C17H25N5O2. The van der Waals surface area contributed by atoms with Crippen LogP contribution in [0.4, 0.5) is 0 Å². The molecule has 24 heavy (non-hydrogen) atoms. The molecule has 0 bridgehead atoms. The maximum Gasteiger partial charge on any atom is 0.191 e. The summed E-state index contributed by atoms with van der Waals surface area (Å²) in [5.41, 5.74) is 1.00. The summed E-state index contributed by atoms with van der Waals surface area (Å²) in [7, 11) is 3.29. The Kier molecular flexibility index (Phi) is 6.94. The third-order valence-electron chi connectivity index (χ3n) is 3.47. The van der Waals surface area contributed by atoms with Crippen molar-refractivity contribution in [2.24, 2.45) is 4.99 Å². The van der Waals surface area contributed by atoms with E-state index >= 15 is 0 Å². The van der Waals surface area contributed by atoms with Gasteiger partial charge in [-0.1, -0.05) is 0 Å². The molecule has 0 atom stereocenters. The highest BCUT2D eigenvalue weighted by Gasteiger charge is 2.05. The first kappa shape index (κ1) is 17.7. The van der Waals surface area contributed by atoms with Crippen LogP contribution in [-0.2, 0) is 13.1 Å². The lowest BCUT2D eigenvalue weighted by Crippen LogP contribution is -2.38. The lowest BCUT2D eigenvalue weighted by molar-refractivity contribution is 0.391. The van der Waals surface area contributed by atoms with E-state index in [4.69, 9.17) is 9.47 Å². The van der Waals surface area contributed by atoms with Gasteiger partial charge in [-0.25, -0.2) is 9.98 Å². The smallest absolute Gasteiger partial charge is 0.191 e. The SMILES string of the molecule is CCNC(=NCc1ccc(OC)cc1OC)NCCn1ccnc1. The standard InChI is InChI=1S/C17H25N5O2/c1-4-19-17(20-8-10-22-9-7-18-13-22)21-12-14-5-6-15(23-2)11-16(14)24-3/h5-7,9,11,13H,4,8,10,12H2,1-3H3,(H2,19,20,21). The van der Waals surface area contributed by atoms with E-state index in [9.17, 15) is 0 Å². The van der Waals surface area contributed by atoms with E-state index in [2.05, 4.69) is 20.6 Å². The zero-order valence-electron chi connectivity index (χ0n) is 14.5. The van der Waals surface area contributed by atoms with Gasteiger partial charge in [0, 0.05) is 43.7 Å². The van der Waals surface area contributed by atoms with Gasteiger partial charge in [-0.3, -0.25) is 0 Å². The summed E-state index contributed by atoms with van der Waals surface area (Å²) in [4.78, 5) is 8.65. The fraction of sp³-hybridized carbons (Fsp3) is 0.412. The summed E-state index contributed by atoms with van der Waals surface area (Å²) in [6.07, 6.45) is 5.51. The number of guanidine groups is 1. The second-order valence-electron chi connectivity index (χ2n) is 5.10.